The second-order valence-electron chi connectivity index (χ2n) is 9.76. The molecule has 0 spiro atoms. The van der Waals surface area contributed by atoms with Crippen LogP contribution in [-0.4, -0.2) is 107 Å². The van der Waals surface area contributed by atoms with E-state index in [9.17, 15) is 55.9 Å². The predicted molar refractivity (Wildman–Crippen MR) is 132 cm³/mol. The molecule has 14 nitrogen and oxygen atoms in total. The Hall–Kier alpha value is -3.31. The first-order valence-electron chi connectivity index (χ1n) is 12.3. The lowest BCUT2D eigenvalue weighted by atomic mass is 9.87. The van der Waals surface area contributed by atoms with Crippen molar-refractivity contribution in [1.82, 2.24) is 0 Å². The molecule has 40 heavy (non-hydrogen) atoms. The third-order valence-corrected chi connectivity index (χ3v) is 7.35. The van der Waals surface area contributed by atoms with Crippen molar-refractivity contribution < 1.29 is 65.0 Å². The number of phenolic OH excluding ortho intramolecular Hbond substituents is 3. The number of rotatable bonds is 5. The third-order valence-electron chi connectivity index (χ3n) is 7.35. The van der Waals surface area contributed by atoms with Crippen LogP contribution >= 0.6 is 0 Å². The van der Waals surface area contributed by atoms with Gasteiger partial charge in [0.2, 0.25) is 0 Å². The molecule has 2 aliphatic rings. The first-order chi connectivity index (χ1) is 19.0. The van der Waals surface area contributed by atoms with Crippen LogP contribution in [0.15, 0.2) is 39.5 Å². The van der Waals surface area contributed by atoms with Crippen LogP contribution in [0.5, 0.6) is 17.2 Å². The van der Waals surface area contributed by atoms with Crippen molar-refractivity contribution in [3.05, 3.63) is 51.7 Å². The normalized spacial score (nSPS) is 32.5. The molecule has 2 fully saturated rings. The fourth-order valence-electron chi connectivity index (χ4n) is 5.19. The van der Waals surface area contributed by atoms with Gasteiger partial charge in [0, 0.05) is 11.6 Å². The summed E-state index contributed by atoms with van der Waals surface area (Å²) in [5.74, 6) is -1.99. The van der Waals surface area contributed by atoms with Crippen molar-refractivity contribution in [2.45, 2.75) is 54.9 Å². The molecule has 3 heterocycles. The average molecular weight is 564 g/mol. The van der Waals surface area contributed by atoms with Gasteiger partial charge in [-0.15, -0.1) is 0 Å². The lowest BCUT2D eigenvalue weighted by molar-refractivity contribution is -0.231. The van der Waals surface area contributed by atoms with Crippen LogP contribution in [0.3, 0.4) is 0 Å². The molecule has 0 radical (unpaired) electrons. The van der Waals surface area contributed by atoms with Gasteiger partial charge in [0.15, 0.2) is 11.0 Å². The van der Waals surface area contributed by atoms with Crippen molar-refractivity contribution in [2.75, 3.05) is 13.2 Å². The van der Waals surface area contributed by atoms with Gasteiger partial charge >= 0.3 is 0 Å². The number of hydrogen-bond donors (Lipinski definition) is 10. The van der Waals surface area contributed by atoms with E-state index in [0.29, 0.717) is 5.56 Å². The molecule has 3 aromatic rings. The van der Waals surface area contributed by atoms with Gasteiger partial charge < -0.3 is 65.0 Å². The van der Waals surface area contributed by atoms with E-state index in [0.717, 1.165) is 6.07 Å². The topological polar surface area (TPSA) is 251 Å². The van der Waals surface area contributed by atoms with Gasteiger partial charge in [0.25, 0.3) is 0 Å². The maximum absolute atomic E-state index is 13.4. The zero-order chi connectivity index (χ0) is 29.0. The minimum atomic E-state index is -1.96. The van der Waals surface area contributed by atoms with Crippen molar-refractivity contribution in [2.24, 2.45) is 0 Å². The molecular formula is C26H28O14. The second-order valence-corrected chi connectivity index (χ2v) is 9.76. The Balaban J connectivity index is 1.81. The summed E-state index contributed by atoms with van der Waals surface area (Å²) < 4.78 is 17.0. The first-order valence-corrected chi connectivity index (χ1v) is 12.3. The Bertz CT molecular complexity index is 1450. The summed E-state index contributed by atoms with van der Waals surface area (Å²) in [7, 11) is 0. The predicted octanol–water partition coefficient (Wildman–Crippen LogP) is -1.75. The number of hydrogen-bond acceptors (Lipinski definition) is 14. The Morgan fingerprint density at radius 2 is 1.20 bits per heavy atom. The zero-order valence-corrected chi connectivity index (χ0v) is 20.6. The highest BCUT2D eigenvalue weighted by Gasteiger charge is 2.49. The SMILES string of the molecule is O=c1cc(-c2ccc(O)cc2)oc2c([C@@H]3O[C@H](CO)[C@H](O)[C@H](O)[C@H]3O)c(O)c([C@@H]3O[C@@H](CO)[C@H](O)[C@H]3O)c(O)c12. The largest absolute Gasteiger partial charge is 0.508 e. The molecule has 14 heteroatoms. The van der Waals surface area contributed by atoms with Crippen LogP contribution in [0.1, 0.15) is 23.3 Å². The van der Waals surface area contributed by atoms with E-state index >= 15 is 0 Å². The number of aliphatic hydroxyl groups excluding tert-OH is 7. The van der Waals surface area contributed by atoms with Gasteiger partial charge in [0.05, 0.1) is 24.3 Å². The van der Waals surface area contributed by atoms with Gasteiger partial charge in [-0.1, -0.05) is 0 Å². The van der Waals surface area contributed by atoms with E-state index in [1.165, 1.54) is 24.3 Å². The Morgan fingerprint density at radius 3 is 1.75 bits per heavy atom. The standard InChI is InChI=1S/C26H28O14/c27-6-12-17(31)21(35)23(37)26(40-12)16-20(34)15(25-22(36)18(32)13(7-28)39-25)19(33)14-10(30)5-11(38-24(14)16)8-1-3-9(29)4-2-8/h1-5,12-13,17-18,21-23,25-29,31-37H,6-7H2/t12-,13+,17+,18+,21+,22-,23-,25+,26+/m1/s1. The molecule has 0 bridgehead atoms. The molecule has 2 aliphatic heterocycles. The smallest absolute Gasteiger partial charge is 0.197 e. The van der Waals surface area contributed by atoms with E-state index in [4.69, 9.17) is 13.9 Å². The highest BCUT2D eigenvalue weighted by atomic mass is 16.6. The van der Waals surface area contributed by atoms with Gasteiger partial charge in [-0.25, -0.2) is 0 Å². The monoisotopic (exact) mass is 564 g/mol. The number of fused-ring (bicyclic) bond motifs is 1. The van der Waals surface area contributed by atoms with E-state index in [-0.39, 0.29) is 11.5 Å². The number of aromatic hydroxyl groups is 3. The van der Waals surface area contributed by atoms with Crippen LogP contribution in [0.4, 0.5) is 0 Å². The average Bonchev–Trinajstić information content (AvgIpc) is 3.21. The Morgan fingerprint density at radius 1 is 0.675 bits per heavy atom. The Labute approximate surface area is 224 Å². The minimum Gasteiger partial charge on any atom is -0.508 e. The van der Waals surface area contributed by atoms with Crippen LogP contribution in [0.2, 0.25) is 0 Å². The molecule has 0 unspecified atom stereocenters. The van der Waals surface area contributed by atoms with Crippen LogP contribution in [0.25, 0.3) is 22.3 Å². The van der Waals surface area contributed by atoms with E-state index in [1.807, 2.05) is 0 Å². The van der Waals surface area contributed by atoms with Crippen molar-refractivity contribution in [3.8, 4) is 28.6 Å². The van der Waals surface area contributed by atoms with E-state index < -0.39 is 107 Å². The molecule has 2 saturated heterocycles. The molecule has 2 aromatic carbocycles. The number of benzene rings is 2. The molecule has 5 rings (SSSR count). The van der Waals surface area contributed by atoms with Crippen LogP contribution < -0.4 is 5.43 Å². The summed E-state index contributed by atoms with van der Waals surface area (Å²) in [6.45, 7) is -1.55. The summed E-state index contributed by atoms with van der Waals surface area (Å²) >= 11 is 0. The second kappa shape index (κ2) is 10.6. The maximum Gasteiger partial charge on any atom is 0.197 e. The van der Waals surface area contributed by atoms with E-state index in [2.05, 4.69) is 0 Å². The van der Waals surface area contributed by atoms with E-state index in [1.54, 1.807) is 0 Å². The van der Waals surface area contributed by atoms with Crippen molar-refractivity contribution in [1.29, 1.82) is 0 Å². The quantitative estimate of drug-likeness (QED) is 0.165. The lowest BCUT2D eigenvalue weighted by Crippen LogP contribution is -2.55. The van der Waals surface area contributed by atoms with Gasteiger partial charge in [-0.05, 0) is 24.3 Å². The molecule has 0 saturated carbocycles. The van der Waals surface area contributed by atoms with Crippen molar-refractivity contribution in [3.63, 3.8) is 0 Å². The Kier molecular flexibility index (Phi) is 7.47. The summed E-state index contributed by atoms with van der Waals surface area (Å²) in [5, 5.41) is 103. The molecule has 0 aliphatic carbocycles. The lowest BCUT2D eigenvalue weighted by Gasteiger charge is -2.40. The first kappa shape index (κ1) is 28.2. The fraction of sp³-hybridized carbons (Fsp3) is 0.423. The molecule has 1 aromatic heterocycles. The van der Waals surface area contributed by atoms with Crippen LogP contribution in [-0.2, 0) is 9.47 Å². The molecule has 0 amide bonds. The van der Waals surface area contributed by atoms with Gasteiger partial charge in [-0.2, -0.15) is 0 Å². The highest BCUT2D eigenvalue weighted by molar-refractivity contribution is 5.92. The number of aliphatic hydroxyl groups is 7. The molecule has 9 atom stereocenters. The third kappa shape index (κ3) is 4.39. The molecule has 10 N–H and O–H groups in total. The molecular weight excluding hydrogens is 536 g/mol. The summed E-state index contributed by atoms with van der Waals surface area (Å²) in [6, 6.07) is 6.47. The summed E-state index contributed by atoms with van der Waals surface area (Å²) in [6.07, 6.45) is -15.3. The van der Waals surface area contributed by atoms with Crippen LogP contribution in [0, 0.1) is 0 Å². The number of phenols is 3. The maximum atomic E-state index is 13.4. The molecule has 216 valence electrons. The minimum absolute atomic E-state index is 0.0766. The van der Waals surface area contributed by atoms with Gasteiger partial charge in [0.1, 0.15) is 83.3 Å². The van der Waals surface area contributed by atoms with Gasteiger partial charge in [-0.3, -0.25) is 4.79 Å². The van der Waals surface area contributed by atoms with Crippen molar-refractivity contribution >= 4 is 11.0 Å². The summed E-state index contributed by atoms with van der Waals surface area (Å²) in [5.41, 5.74) is -2.18. The fourth-order valence-corrected chi connectivity index (χ4v) is 5.19. The highest BCUT2D eigenvalue weighted by Crippen LogP contribution is 2.51. The number of ether oxygens (including phenoxy) is 2. The summed E-state index contributed by atoms with van der Waals surface area (Å²) in [4.78, 5) is 13.4. The zero-order valence-electron chi connectivity index (χ0n) is 20.6.